The number of carbonyl (C=O) groups excluding carboxylic acids is 2. The standard InChI is InChI=1S/C24H27N3O3/c1-3-30-22-11-9-21(10-12-22)23(28)13-14-24(29)26(2)16-20-15-25-27(18-20)17-19-7-5-4-6-8-19/h4-12,15,18H,3,13-14,16-17H2,1-2H3. The zero-order chi connectivity index (χ0) is 21.3. The molecular weight excluding hydrogens is 378 g/mol. The van der Waals surface area contributed by atoms with Gasteiger partial charge in [0.05, 0.1) is 19.3 Å². The van der Waals surface area contributed by atoms with Gasteiger partial charge in [-0.2, -0.15) is 5.10 Å². The minimum atomic E-state index is -0.0647. The average Bonchev–Trinajstić information content (AvgIpc) is 3.19. The van der Waals surface area contributed by atoms with E-state index in [1.165, 1.54) is 5.56 Å². The van der Waals surface area contributed by atoms with Crippen molar-refractivity contribution >= 4 is 11.7 Å². The van der Waals surface area contributed by atoms with E-state index in [4.69, 9.17) is 4.74 Å². The predicted molar refractivity (Wildman–Crippen MR) is 115 cm³/mol. The molecule has 0 saturated heterocycles. The molecule has 0 aliphatic carbocycles. The first kappa shape index (κ1) is 21.3. The highest BCUT2D eigenvalue weighted by atomic mass is 16.5. The number of Topliss-reactive ketones (excluding diaryl/α,β-unsaturated/α-hetero) is 1. The summed E-state index contributed by atoms with van der Waals surface area (Å²) in [6.07, 6.45) is 4.09. The molecular formula is C24H27N3O3. The summed E-state index contributed by atoms with van der Waals surface area (Å²) in [6.45, 7) is 3.65. The molecule has 6 nitrogen and oxygen atoms in total. The summed E-state index contributed by atoms with van der Waals surface area (Å²) in [5.74, 6) is 0.623. The lowest BCUT2D eigenvalue weighted by Gasteiger charge is -2.16. The van der Waals surface area contributed by atoms with E-state index in [-0.39, 0.29) is 24.5 Å². The van der Waals surface area contributed by atoms with Crippen LogP contribution < -0.4 is 4.74 Å². The minimum absolute atomic E-state index is 0.0459. The van der Waals surface area contributed by atoms with Gasteiger partial charge in [-0.05, 0) is 36.8 Å². The van der Waals surface area contributed by atoms with Gasteiger partial charge in [0.15, 0.2) is 5.78 Å². The Morgan fingerprint density at radius 1 is 1.00 bits per heavy atom. The first-order chi connectivity index (χ1) is 14.5. The Kier molecular flexibility index (Phi) is 7.38. The maximum absolute atomic E-state index is 12.4. The fraction of sp³-hybridized carbons (Fsp3) is 0.292. The number of ketones is 1. The van der Waals surface area contributed by atoms with Crippen LogP contribution in [0.3, 0.4) is 0 Å². The highest BCUT2D eigenvalue weighted by Gasteiger charge is 2.14. The van der Waals surface area contributed by atoms with E-state index < -0.39 is 0 Å². The van der Waals surface area contributed by atoms with Gasteiger partial charge in [-0.15, -0.1) is 0 Å². The Morgan fingerprint density at radius 2 is 1.73 bits per heavy atom. The summed E-state index contributed by atoms with van der Waals surface area (Å²) < 4.78 is 7.24. The summed E-state index contributed by atoms with van der Waals surface area (Å²) >= 11 is 0. The van der Waals surface area contributed by atoms with Crippen LogP contribution in [0.15, 0.2) is 67.0 Å². The molecule has 0 aliphatic heterocycles. The maximum Gasteiger partial charge on any atom is 0.223 e. The smallest absolute Gasteiger partial charge is 0.223 e. The SMILES string of the molecule is CCOc1ccc(C(=O)CCC(=O)N(C)Cc2cnn(Cc3ccccc3)c2)cc1. The first-order valence-corrected chi connectivity index (χ1v) is 10.1. The second kappa shape index (κ2) is 10.4. The van der Waals surface area contributed by atoms with E-state index in [9.17, 15) is 9.59 Å². The van der Waals surface area contributed by atoms with E-state index in [1.807, 2.05) is 36.0 Å². The molecule has 0 bridgehead atoms. The third-order valence-corrected chi connectivity index (χ3v) is 4.77. The predicted octanol–water partition coefficient (Wildman–Crippen LogP) is 3.95. The highest BCUT2D eigenvalue weighted by Crippen LogP contribution is 2.15. The van der Waals surface area contributed by atoms with Gasteiger partial charge < -0.3 is 9.64 Å². The van der Waals surface area contributed by atoms with Crippen molar-refractivity contribution in [3.8, 4) is 5.75 Å². The van der Waals surface area contributed by atoms with Gasteiger partial charge in [0.1, 0.15) is 5.75 Å². The van der Waals surface area contributed by atoms with Crippen LogP contribution >= 0.6 is 0 Å². The lowest BCUT2D eigenvalue weighted by molar-refractivity contribution is -0.130. The van der Waals surface area contributed by atoms with E-state index in [2.05, 4.69) is 17.2 Å². The van der Waals surface area contributed by atoms with Crippen molar-refractivity contribution in [1.29, 1.82) is 0 Å². The van der Waals surface area contributed by atoms with Crippen LogP contribution in [0.25, 0.3) is 0 Å². The molecule has 2 aromatic carbocycles. The van der Waals surface area contributed by atoms with Crippen LogP contribution in [0.2, 0.25) is 0 Å². The molecule has 0 N–H and O–H groups in total. The maximum atomic E-state index is 12.4. The quantitative estimate of drug-likeness (QED) is 0.479. The van der Waals surface area contributed by atoms with Crippen molar-refractivity contribution in [2.24, 2.45) is 0 Å². The van der Waals surface area contributed by atoms with E-state index in [1.54, 1.807) is 42.4 Å². The van der Waals surface area contributed by atoms with Crippen LogP contribution in [0.5, 0.6) is 5.75 Å². The molecule has 0 saturated carbocycles. The Hall–Kier alpha value is -3.41. The van der Waals surface area contributed by atoms with Crippen LogP contribution in [0, 0.1) is 0 Å². The second-order valence-corrected chi connectivity index (χ2v) is 7.16. The Bertz CT molecular complexity index is 965. The van der Waals surface area contributed by atoms with Crippen LogP contribution in [-0.4, -0.2) is 40.0 Å². The largest absolute Gasteiger partial charge is 0.494 e. The van der Waals surface area contributed by atoms with Crippen LogP contribution in [0.1, 0.15) is 41.3 Å². The zero-order valence-corrected chi connectivity index (χ0v) is 17.5. The van der Waals surface area contributed by atoms with Gasteiger partial charge in [-0.3, -0.25) is 14.3 Å². The molecule has 156 valence electrons. The fourth-order valence-electron chi connectivity index (χ4n) is 3.17. The van der Waals surface area contributed by atoms with E-state index >= 15 is 0 Å². The number of hydrogen-bond acceptors (Lipinski definition) is 4. The number of aromatic nitrogens is 2. The summed E-state index contributed by atoms with van der Waals surface area (Å²) in [4.78, 5) is 26.4. The van der Waals surface area contributed by atoms with Gasteiger partial charge in [-0.25, -0.2) is 0 Å². The van der Waals surface area contributed by atoms with Gasteiger partial charge in [0.2, 0.25) is 5.91 Å². The van der Waals surface area contributed by atoms with Gasteiger partial charge in [0, 0.05) is 43.8 Å². The lowest BCUT2D eigenvalue weighted by atomic mass is 10.1. The molecule has 30 heavy (non-hydrogen) atoms. The zero-order valence-electron chi connectivity index (χ0n) is 17.5. The molecule has 0 atom stereocenters. The third-order valence-electron chi connectivity index (χ3n) is 4.77. The molecule has 1 amide bonds. The Balaban J connectivity index is 1.47. The van der Waals surface area contributed by atoms with Gasteiger partial charge >= 0.3 is 0 Å². The molecule has 0 aliphatic rings. The minimum Gasteiger partial charge on any atom is -0.494 e. The van der Waals surface area contributed by atoms with Gasteiger partial charge in [0.25, 0.3) is 0 Å². The normalized spacial score (nSPS) is 10.6. The Morgan fingerprint density at radius 3 is 2.43 bits per heavy atom. The first-order valence-electron chi connectivity index (χ1n) is 10.1. The molecule has 0 spiro atoms. The molecule has 1 aromatic heterocycles. The monoisotopic (exact) mass is 405 g/mol. The summed E-state index contributed by atoms with van der Waals surface area (Å²) in [5, 5.41) is 4.37. The molecule has 3 aromatic rings. The number of nitrogens with zero attached hydrogens (tertiary/aromatic N) is 3. The number of carbonyl (C=O) groups is 2. The number of hydrogen-bond donors (Lipinski definition) is 0. The molecule has 0 fully saturated rings. The van der Waals surface area contributed by atoms with Crippen molar-refractivity contribution in [3.05, 3.63) is 83.7 Å². The lowest BCUT2D eigenvalue weighted by Crippen LogP contribution is -2.26. The van der Waals surface area contributed by atoms with Crippen molar-refractivity contribution < 1.29 is 14.3 Å². The molecule has 3 rings (SSSR count). The van der Waals surface area contributed by atoms with E-state index in [0.29, 0.717) is 25.3 Å². The highest BCUT2D eigenvalue weighted by molar-refractivity contribution is 5.98. The summed E-state index contributed by atoms with van der Waals surface area (Å²) in [6, 6.07) is 17.1. The third kappa shape index (κ3) is 6.04. The number of amides is 1. The Labute approximate surface area is 177 Å². The van der Waals surface area contributed by atoms with E-state index in [0.717, 1.165) is 11.3 Å². The fourth-order valence-corrected chi connectivity index (χ4v) is 3.17. The number of benzene rings is 2. The molecule has 0 unspecified atom stereocenters. The van der Waals surface area contributed by atoms with Crippen LogP contribution in [0.4, 0.5) is 0 Å². The van der Waals surface area contributed by atoms with Crippen molar-refractivity contribution in [2.45, 2.75) is 32.9 Å². The summed E-state index contributed by atoms with van der Waals surface area (Å²) in [5.41, 5.74) is 2.72. The number of rotatable bonds is 10. The van der Waals surface area contributed by atoms with Crippen LogP contribution in [-0.2, 0) is 17.9 Å². The van der Waals surface area contributed by atoms with Crippen molar-refractivity contribution in [2.75, 3.05) is 13.7 Å². The van der Waals surface area contributed by atoms with Crippen molar-refractivity contribution in [1.82, 2.24) is 14.7 Å². The average molecular weight is 405 g/mol. The second-order valence-electron chi connectivity index (χ2n) is 7.16. The topological polar surface area (TPSA) is 64.4 Å². The molecule has 6 heteroatoms. The summed E-state index contributed by atoms with van der Waals surface area (Å²) in [7, 11) is 1.75. The molecule has 0 radical (unpaired) electrons. The van der Waals surface area contributed by atoms with Gasteiger partial charge in [-0.1, -0.05) is 30.3 Å². The molecule has 1 heterocycles. The van der Waals surface area contributed by atoms with Crippen molar-refractivity contribution in [3.63, 3.8) is 0 Å². The number of ether oxygens (including phenoxy) is 1.